The molecule has 0 spiro atoms. The lowest BCUT2D eigenvalue weighted by atomic mass is 9.97. The molecule has 0 N–H and O–H groups in total. The predicted molar refractivity (Wildman–Crippen MR) is 67.7 cm³/mol. The van der Waals surface area contributed by atoms with Crippen LogP contribution in [-0.2, 0) is 0 Å². The Kier molecular flexibility index (Phi) is 3.51. The normalized spacial score (nSPS) is 20.0. The molecule has 0 aromatic heterocycles. The van der Waals surface area contributed by atoms with Gasteiger partial charge in [-0.2, -0.15) is 0 Å². The highest BCUT2D eigenvalue weighted by Crippen LogP contribution is 2.46. The fourth-order valence-corrected chi connectivity index (χ4v) is 2.96. The maximum atomic E-state index is 13.1. The first-order chi connectivity index (χ1) is 7.09. The maximum absolute atomic E-state index is 13.1. The van der Waals surface area contributed by atoms with E-state index >= 15 is 0 Å². The quantitative estimate of drug-likeness (QED) is 0.676. The lowest BCUT2D eigenvalue weighted by Gasteiger charge is -2.18. The van der Waals surface area contributed by atoms with Crippen molar-refractivity contribution in [3.8, 4) is 0 Å². The molecule has 1 aliphatic carbocycles. The van der Waals surface area contributed by atoms with Crippen molar-refractivity contribution < 1.29 is 4.39 Å². The Balaban J connectivity index is 2.17. The third-order valence-corrected chi connectivity index (χ3v) is 5.06. The van der Waals surface area contributed by atoms with Gasteiger partial charge in [0.15, 0.2) is 0 Å². The van der Waals surface area contributed by atoms with Crippen molar-refractivity contribution in [2.24, 2.45) is 11.8 Å². The summed E-state index contributed by atoms with van der Waals surface area (Å²) >= 11 is 6.93. The van der Waals surface area contributed by atoms with Gasteiger partial charge >= 0.3 is 0 Å². The molecular weight excluding hydrogens is 323 g/mol. The first kappa shape index (κ1) is 11.6. The molecule has 1 saturated carbocycles. The Morgan fingerprint density at radius 1 is 1.40 bits per heavy atom. The largest absolute Gasteiger partial charge is 0.206 e. The van der Waals surface area contributed by atoms with E-state index in [-0.39, 0.29) is 5.82 Å². The van der Waals surface area contributed by atoms with E-state index in [1.54, 1.807) is 0 Å². The van der Waals surface area contributed by atoms with Crippen molar-refractivity contribution in [3.05, 3.63) is 34.1 Å². The highest BCUT2D eigenvalue weighted by molar-refractivity contribution is 9.10. The number of hydrogen-bond acceptors (Lipinski definition) is 0. The number of halogens is 3. The molecular formula is C12H13Br2F. The molecule has 2 atom stereocenters. The van der Waals surface area contributed by atoms with Crippen LogP contribution in [0.5, 0.6) is 0 Å². The molecule has 0 aliphatic heterocycles. The maximum Gasteiger partial charge on any atom is 0.137 e. The zero-order valence-electron chi connectivity index (χ0n) is 8.51. The molecule has 1 aliphatic rings. The molecule has 15 heavy (non-hydrogen) atoms. The zero-order chi connectivity index (χ0) is 11.0. The second kappa shape index (κ2) is 4.54. The van der Waals surface area contributed by atoms with Crippen LogP contribution in [-0.4, -0.2) is 0 Å². The molecule has 3 heteroatoms. The van der Waals surface area contributed by atoms with Crippen LogP contribution in [0.3, 0.4) is 0 Å². The second-order valence-corrected chi connectivity index (χ2v) is 6.11. The average Bonchev–Trinajstić information content (AvgIpc) is 3.03. The lowest BCUT2D eigenvalue weighted by Crippen LogP contribution is -2.05. The van der Waals surface area contributed by atoms with Crippen LogP contribution in [0.15, 0.2) is 22.7 Å². The summed E-state index contributed by atoms with van der Waals surface area (Å²) in [6.45, 7) is 2.26. The molecule has 0 radical (unpaired) electrons. The van der Waals surface area contributed by atoms with Crippen molar-refractivity contribution in [1.29, 1.82) is 0 Å². The average molecular weight is 336 g/mol. The fourth-order valence-electron chi connectivity index (χ4n) is 1.85. The van der Waals surface area contributed by atoms with Gasteiger partial charge in [-0.3, -0.25) is 0 Å². The Morgan fingerprint density at radius 2 is 2.07 bits per heavy atom. The Hall–Kier alpha value is 0.110. The van der Waals surface area contributed by atoms with E-state index in [0.29, 0.717) is 15.2 Å². The third-order valence-electron chi connectivity index (χ3n) is 3.09. The van der Waals surface area contributed by atoms with Crippen LogP contribution >= 0.6 is 31.9 Å². The molecule has 0 saturated heterocycles. The molecule has 1 fully saturated rings. The van der Waals surface area contributed by atoms with Gasteiger partial charge in [-0.25, -0.2) is 4.39 Å². The van der Waals surface area contributed by atoms with Crippen molar-refractivity contribution in [1.82, 2.24) is 0 Å². The zero-order valence-corrected chi connectivity index (χ0v) is 11.7. The van der Waals surface area contributed by atoms with E-state index in [9.17, 15) is 4.39 Å². The van der Waals surface area contributed by atoms with E-state index in [0.717, 1.165) is 11.5 Å². The minimum Gasteiger partial charge on any atom is -0.206 e. The van der Waals surface area contributed by atoms with Gasteiger partial charge in [-0.1, -0.05) is 28.9 Å². The smallest absolute Gasteiger partial charge is 0.137 e. The van der Waals surface area contributed by atoms with E-state index in [1.165, 1.54) is 18.9 Å². The van der Waals surface area contributed by atoms with Crippen molar-refractivity contribution >= 4 is 31.9 Å². The summed E-state index contributed by atoms with van der Waals surface area (Å²) in [5.74, 6) is 1.28. The Bertz CT molecular complexity index is 361. The van der Waals surface area contributed by atoms with E-state index in [1.807, 2.05) is 12.1 Å². The third kappa shape index (κ3) is 2.62. The summed E-state index contributed by atoms with van der Waals surface area (Å²) in [6.07, 6.45) is 2.68. The molecule has 2 unspecified atom stereocenters. The molecule has 0 nitrogen and oxygen atoms in total. The summed E-state index contributed by atoms with van der Waals surface area (Å²) in [5.41, 5.74) is 1.16. The van der Waals surface area contributed by atoms with Crippen LogP contribution in [0.4, 0.5) is 4.39 Å². The van der Waals surface area contributed by atoms with E-state index < -0.39 is 0 Å². The summed E-state index contributed by atoms with van der Waals surface area (Å²) in [5, 5.41) is 0. The predicted octanol–water partition coefficient (Wildman–Crippen LogP) is 5.07. The monoisotopic (exact) mass is 334 g/mol. The second-order valence-electron chi connectivity index (χ2n) is 4.27. The van der Waals surface area contributed by atoms with Gasteiger partial charge in [-0.05, 0) is 58.3 Å². The van der Waals surface area contributed by atoms with Crippen molar-refractivity contribution in [2.45, 2.75) is 24.6 Å². The molecule has 1 aromatic rings. The van der Waals surface area contributed by atoms with Crippen LogP contribution in [0, 0.1) is 17.7 Å². The molecule has 0 amide bonds. The number of alkyl halides is 1. The van der Waals surface area contributed by atoms with Crippen LogP contribution < -0.4 is 0 Å². The number of rotatable bonds is 3. The molecule has 0 heterocycles. The minimum atomic E-state index is -0.197. The van der Waals surface area contributed by atoms with Gasteiger partial charge in [0.2, 0.25) is 0 Å². The van der Waals surface area contributed by atoms with Gasteiger partial charge in [0.05, 0.1) is 4.47 Å². The van der Waals surface area contributed by atoms with E-state index in [4.69, 9.17) is 0 Å². The highest BCUT2D eigenvalue weighted by atomic mass is 79.9. The van der Waals surface area contributed by atoms with E-state index in [2.05, 4.69) is 38.8 Å². The molecule has 82 valence electrons. The van der Waals surface area contributed by atoms with Gasteiger partial charge in [0, 0.05) is 4.83 Å². The summed E-state index contributed by atoms with van der Waals surface area (Å²) in [7, 11) is 0. The molecule has 2 rings (SSSR count). The van der Waals surface area contributed by atoms with Crippen molar-refractivity contribution in [2.75, 3.05) is 0 Å². The van der Waals surface area contributed by atoms with Crippen LogP contribution in [0.25, 0.3) is 0 Å². The highest BCUT2D eigenvalue weighted by Gasteiger charge is 2.32. The minimum absolute atomic E-state index is 0.197. The van der Waals surface area contributed by atoms with Gasteiger partial charge in [0.1, 0.15) is 5.82 Å². The first-order valence-electron chi connectivity index (χ1n) is 5.18. The number of hydrogen-bond donors (Lipinski definition) is 0. The van der Waals surface area contributed by atoms with Gasteiger partial charge in [0.25, 0.3) is 0 Å². The summed E-state index contributed by atoms with van der Waals surface area (Å²) in [6, 6.07) is 5.25. The Labute approximate surface area is 107 Å². The fraction of sp³-hybridized carbons (Fsp3) is 0.500. The molecule has 0 bridgehead atoms. The summed E-state index contributed by atoms with van der Waals surface area (Å²) in [4.78, 5) is 0.335. The van der Waals surface area contributed by atoms with Crippen LogP contribution in [0.2, 0.25) is 0 Å². The molecule has 1 aromatic carbocycles. The number of benzene rings is 1. The lowest BCUT2D eigenvalue weighted by molar-refractivity contribution is 0.502. The van der Waals surface area contributed by atoms with Gasteiger partial charge < -0.3 is 0 Å². The Morgan fingerprint density at radius 3 is 2.60 bits per heavy atom. The SMILES string of the molecule is CC(C1CC1)C(Br)c1ccc(F)c(Br)c1. The summed E-state index contributed by atoms with van der Waals surface area (Å²) < 4.78 is 13.6. The first-order valence-corrected chi connectivity index (χ1v) is 6.89. The van der Waals surface area contributed by atoms with Gasteiger partial charge in [-0.15, -0.1) is 0 Å². The van der Waals surface area contributed by atoms with Crippen molar-refractivity contribution in [3.63, 3.8) is 0 Å². The topological polar surface area (TPSA) is 0 Å². The standard InChI is InChI=1S/C12H13Br2F/c1-7(8-2-3-8)12(14)9-4-5-11(15)10(13)6-9/h4-8,12H,2-3H2,1H3. The van der Waals surface area contributed by atoms with Crippen LogP contribution in [0.1, 0.15) is 30.2 Å².